The van der Waals surface area contributed by atoms with Gasteiger partial charge in [0.1, 0.15) is 4.60 Å². The first kappa shape index (κ1) is 15.7. The average molecular weight is 371 g/mol. The van der Waals surface area contributed by atoms with Gasteiger partial charge >= 0.3 is 0 Å². The number of rotatable bonds is 6. The fraction of sp³-hybridized carbons (Fsp3) is 0.231. The minimum absolute atomic E-state index is 0.173. The number of halogens is 1. The summed E-state index contributed by atoms with van der Waals surface area (Å²) in [5.74, 6) is 0.173. The van der Waals surface area contributed by atoms with Gasteiger partial charge in [0, 0.05) is 12.2 Å². The number of benzene rings is 1. The van der Waals surface area contributed by atoms with Crippen LogP contribution in [0.5, 0.6) is 0 Å². The fourth-order valence-electron chi connectivity index (χ4n) is 1.58. The lowest BCUT2D eigenvalue weighted by Crippen LogP contribution is -2.14. The minimum Gasteiger partial charge on any atom is -0.385 e. The maximum Gasteiger partial charge on any atom is 0.263 e. The molecular formula is C13H15BrN4O2S. The Balaban J connectivity index is 2.13. The Hall–Kier alpha value is -1.67. The van der Waals surface area contributed by atoms with E-state index in [1.807, 2.05) is 0 Å². The first-order valence-electron chi connectivity index (χ1n) is 6.35. The molecule has 8 heteroatoms. The van der Waals surface area contributed by atoms with Crippen molar-refractivity contribution in [3.8, 4) is 0 Å². The van der Waals surface area contributed by atoms with E-state index in [1.54, 1.807) is 24.3 Å². The zero-order valence-corrected chi connectivity index (χ0v) is 13.8. The normalized spacial score (nSPS) is 11.1. The van der Waals surface area contributed by atoms with Crippen molar-refractivity contribution in [2.45, 2.75) is 18.2 Å². The first-order valence-corrected chi connectivity index (χ1v) is 8.63. The standard InChI is InChI=1S/C13H15BrN4O2S/c1-2-7-15-10-3-5-11(6-4-10)21(19,20)18-13-9-16-12(14)8-17-13/h3-6,8-9,15H,2,7H2,1H3,(H,17,18). The van der Waals surface area contributed by atoms with Gasteiger partial charge in [0.2, 0.25) is 0 Å². The molecule has 0 unspecified atom stereocenters. The van der Waals surface area contributed by atoms with Crippen LogP contribution in [0.1, 0.15) is 13.3 Å². The molecule has 0 amide bonds. The zero-order chi connectivity index (χ0) is 15.3. The average Bonchev–Trinajstić information content (AvgIpc) is 2.48. The molecule has 2 aromatic rings. The number of sulfonamides is 1. The largest absolute Gasteiger partial charge is 0.385 e. The molecule has 2 N–H and O–H groups in total. The second-order valence-electron chi connectivity index (χ2n) is 4.28. The topological polar surface area (TPSA) is 84.0 Å². The summed E-state index contributed by atoms with van der Waals surface area (Å²) in [7, 11) is -3.66. The summed E-state index contributed by atoms with van der Waals surface area (Å²) in [5.41, 5.74) is 0.888. The van der Waals surface area contributed by atoms with Gasteiger partial charge in [0.15, 0.2) is 5.82 Å². The van der Waals surface area contributed by atoms with Gasteiger partial charge in [-0.25, -0.2) is 18.4 Å². The van der Waals surface area contributed by atoms with Gasteiger partial charge in [0.05, 0.1) is 17.3 Å². The molecular weight excluding hydrogens is 356 g/mol. The lowest BCUT2D eigenvalue weighted by molar-refractivity contribution is 0.601. The van der Waals surface area contributed by atoms with Crippen LogP contribution in [0.3, 0.4) is 0 Å². The number of anilines is 2. The Bertz CT molecular complexity index is 687. The molecule has 0 radical (unpaired) electrons. The first-order chi connectivity index (χ1) is 10.0. The number of nitrogens with one attached hydrogen (secondary N) is 2. The zero-order valence-electron chi connectivity index (χ0n) is 11.4. The van der Waals surface area contributed by atoms with Gasteiger partial charge in [-0.15, -0.1) is 0 Å². The second-order valence-corrected chi connectivity index (χ2v) is 6.78. The van der Waals surface area contributed by atoms with Crippen molar-refractivity contribution < 1.29 is 8.42 Å². The molecule has 0 aliphatic rings. The van der Waals surface area contributed by atoms with E-state index >= 15 is 0 Å². The van der Waals surface area contributed by atoms with E-state index < -0.39 is 10.0 Å². The van der Waals surface area contributed by atoms with E-state index in [0.29, 0.717) is 4.60 Å². The van der Waals surface area contributed by atoms with Crippen LogP contribution in [0.4, 0.5) is 11.5 Å². The Morgan fingerprint density at radius 3 is 2.43 bits per heavy atom. The van der Waals surface area contributed by atoms with Gasteiger partial charge < -0.3 is 5.32 Å². The lowest BCUT2D eigenvalue weighted by atomic mass is 10.3. The van der Waals surface area contributed by atoms with E-state index in [2.05, 4.69) is 42.9 Å². The molecule has 1 heterocycles. The molecule has 6 nitrogen and oxygen atoms in total. The second kappa shape index (κ2) is 6.86. The lowest BCUT2D eigenvalue weighted by Gasteiger charge is -2.08. The van der Waals surface area contributed by atoms with Crippen molar-refractivity contribution in [1.82, 2.24) is 9.97 Å². The third kappa shape index (κ3) is 4.40. The summed E-state index contributed by atoms with van der Waals surface area (Å²) in [6.45, 7) is 2.91. The van der Waals surface area contributed by atoms with Crippen molar-refractivity contribution >= 4 is 37.5 Å². The highest BCUT2D eigenvalue weighted by molar-refractivity contribution is 9.10. The molecule has 0 aliphatic carbocycles. The molecule has 0 spiro atoms. The predicted octanol–water partition coefficient (Wildman–Crippen LogP) is 2.86. The Morgan fingerprint density at radius 2 is 1.86 bits per heavy atom. The highest BCUT2D eigenvalue weighted by Crippen LogP contribution is 2.17. The van der Waals surface area contributed by atoms with Crippen LogP contribution in [0.25, 0.3) is 0 Å². The van der Waals surface area contributed by atoms with E-state index in [4.69, 9.17) is 0 Å². The third-order valence-electron chi connectivity index (χ3n) is 2.60. The summed E-state index contributed by atoms with van der Waals surface area (Å²) >= 11 is 3.14. The minimum atomic E-state index is -3.66. The quantitative estimate of drug-likeness (QED) is 0.816. The van der Waals surface area contributed by atoms with Gasteiger partial charge in [0.25, 0.3) is 10.0 Å². The van der Waals surface area contributed by atoms with E-state index in [9.17, 15) is 8.42 Å². The van der Waals surface area contributed by atoms with Crippen molar-refractivity contribution in [2.24, 2.45) is 0 Å². The van der Waals surface area contributed by atoms with Crippen LogP contribution in [0.15, 0.2) is 46.2 Å². The number of aromatic nitrogens is 2. The summed E-state index contributed by atoms with van der Waals surface area (Å²) in [4.78, 5) is 8.03. The summed E-state index contributed by atoms with van der Waals surface area (Å²) < 4.78 is 27.3. The Labute approximate surface area is 132 Å². The van der Waals surface area contributed by atoms with E-state index in [1.165, 1.54) is 12.4 Å². The van der Waals surface area contributed by atoms with Crippen LogP contribution >= 0.6 is 15.9 Å². The number of nitrogens with zero attached hydrogens (tertiary/aromatic N) is 2. The Morgan fingerprint density at radius 1 is 1.14 bits per heavy atom. The monoisotopic (exact) mass is 370 g/mol. The molecule has 0 fully saturated rings. The number of hydrogen-bond acceptors (Lipinski definition) is 5. The van der Waals surface area contributed by atoms with Crippen molar-refractivity contribution in [1.29, 1.82) is 0 Å². The maximum absolute atomic E-state index is 12.2. The smallest absolute Gasteiger partial charge is 0.263 e. The summed E-state index contributed by atoms with van der Waals surface area (Å²) in [6, 6.07) is 6.56. The van der Waals surface area contributed by atoms with Crippen LogP contribution in [-0.4, -0.2) is 24.9 Å². The van der Waals surface area contributed by atoms with Gasteiger partial charge in [-0.05, 0) is 46.6 Å². The number of hydrogen-bond donors (Lipinski definition) is 2. The van der Waals surface area contributed by atoms with Gasteiger partial charge in [-0.2, -0.15) is 0 Å². The highest BCUT2D eigenvalue weighted by atomic mass is 79.9. The molecule has 0 saturated heterocycles. The molecule has 112 valence electrons. The molecule has 2 rings (SSSR count). The van der Waals surface area contributed by atoms with Gasteiger partial charge in [-0.3, -0.25) is 4.72 Å². The molecule has 0 bridgehead atoms. The van der Waals surface area contributed by atoms with Gasteiger partial charge in [-0.1, -0.05) is 6.92 Å². The molecule has 0 saturated carbocycles. The van der Waals surface area contributed by atoms with Crippen LogP contribution in [0.2, 0.25) is 0 Å². The van der Waals surface area contributed by atoms with Crippen molar-refractivity contribution in [3.05, 3.63) is 41.3 Å². The summed E-state index contributed by atoms with van der Waals surface area (Å²) in [5, 5.41) is 3.19. The molecule has 21 heavy (non-hydrogen) atoms. The van der Waals surface area contributed by atoms with Crippen molar-refractivity contribution in [3.63, 3.8) is 0 Å². The van der Waals surface area contributed by atoms with Crippen LogP contribution < -0.4 is 10.0 Å². The third-order valence-corrected chi connectivity index (χ3v) is 4.38. The van der Waals surface area contributed by atoms with E-state index in [0.717, 1.165) is 18.7 Å². The molecule has 1 aromatic heterocycles. The van der Waals surface area contributed by atoms with E-state index in [-0.39, 0.29) is 10.7 Å². The SMILES string of the molecule is CCCNc1ccc(S(=O)(=O)Nc2cnc(Br)cn2)cc1. The predicted molar refractivity (Wildman–Crippen MR) is 85.8 cm³/mol. The Kier molecular flexibility index (Phi) is 5.13. The van der Waals surface area contributed by atoms with Crippen molar-refractivity contribution in [2.75, 3.05) is 16.6 Å². The van der Waals surface area contributed by atoms with Crippen LogP contribution in [0, 0.1) is 0 Å². The molecule has 0 aliphatic heterocycles. The maximum atomic E-state index is 12.2. The molecule has 1 aromatic carbocycles. The highest BCUT2D eigenvalue weighted by Gasteiger charge is 2.14. The summed E-state index contributed by atoms with van der Waals surface area (Å²) in [6.07, 6.45) is 3.78. The molecule has 0 atom stereocenters. The fourth-order valence-corrected chi connectivity index (χ4v) is 2.78. The van der Waals surface area contributed by atoms with Crippen LogP contribution in [-0.2, 0) is 10.0 Å².